The van der Waals surface area contributed by atoms with E-state index in [-0.39, 0.29) is 11.5 Å². The van der Waals surface area contributed by atoms with Gasteiger partial charge >= 0.3 is 0 Å². The van der Waals surface area contributed by atoms with E-state index >= 15 is 0 Å². The number of aromatic hydroxyl groups is 2. The molecule has 3 N–H and O–H groups in total. The first-order valence-electron chi connectivity index (χ1n) is 8.43. The summed E-state index contributed by atoms with van der Waals surface area (Å²) in [6.07, 6.45) is 0. The van der Waals surface area contributed by atoms with E-state index in [1.807, 2.05) is 44.2 Å². The summed E-state index contributed by atoms with van der Waals surface area (Å²) in [5, 5.41) is 29.2. The zero-order valence-electron chi connectivity index (χ0n) is 14.8. The minimum absolute atomic E-state index is 0.0288. The highest BCUT2D eigenvalue weighted by Gasteiger charge is 2.17. The van der Waals surface area contributed by atoms with Crippen LogP contribution in [0.3, 0.4) is 0 Å². The highest BCUT2D eigenvalue weighted by atomic mass is 35.5. The molecule has 1 heterocycles. The Morgan fingerprint density at radius 1 is 1.00 bits per heavy atom. The molecule has 0 aliphatic heterocycles. The molecular weight excluding hydrogens is 382 g/mol. The van der Waals surface area contributed by atoms with Crippen molar-refractivity contribution in [2.24, 2.45) is 0 Å². The van der Waals surface area contributed by atoms with Gasteiger partial charge in [-0.3, -0.25) is 9.67 Å². The minimum atomic E-state index is -0.0893. The molecule has 27 heavy (non-hydrogen) atoms. The standard InChI is InChI=1S/C18H12ClN3O2S.C2H6/c19-14-7-8-15(12-4-2-1-3-11(12)14)22-17(20-21-18(22)25)13-6-5-10(23)9-16(13)24;1-2/h1-9,23-24H,(H,21,25);1-2H3. The minimum Gasteiger partial charge on any atom is -0.508 e. The number of halogens is 1. The molecule has 138 valence electrons. The Kier molecular flexibility index (Phi) is 5.48. The quantitative estimate of drug-likeness (QED) is 0.370. The second-order valence-corrected chi connectivity index (χ2v) is 6.30. The van der Waals surface area contributed by atoms with Gasteiger partial charge in [0.15, 0.2) is 10.6 Å². The second kappa shape index (κ2) is 7.82. The Morgan fingerprint density at radius 2 is 1.70 bits per heavy atom. The van der Waals surface area contributed by atoms with Gasteiger partial charge in [-0.15, -0.1) is 0 Å². The lowest BCUT2D eigenvalue weighted by Gasteiger charge is -2.12. The van der Waals surface area contributed by atoms with E-state index in [1.165, 1.54) is 12.1 Å². The van der Waals surface area contributed by atoms with Crippen molar-refractivity contribution in [1.82, 2.24) is 14.8 Å². The van der Waals surface area contributed by atoms with Crippen molar-refractivity contribution in [3.63, 3.8) is 0 Å². The maximum Gasteiger partial charge on any atom is 0.200 e. The number of phenolic OH excluding ortho intramolecular Hbond substituents is 2. The number of benzene rings is 3. The van der Waals surface area contributed by atoms with Crippen molar-refractivity contribution in [2.75, 3.05) is 0 Å². The molecule has 0 fully saturated rings. The van der Waals surface area contributed by atoms with Gasteiger partial charge in [-0.1, -0.05) is 49.7 Å². The summed E-state index contributed by atoms with van der Waals surface area (Å²) in [4.78, 5) is 0. The molecule has 0 saturated carbocycles. The SMILES string of the molecule is CC.Oc1ccc(-c2n[nH]c(=S)n2-c2ccc(Cl)c3ccccc23)c(O)c1. The highest BCUT2D eigenvalue weighted by molar-refractivity contribution is 7.71. The molecule has 4 rings (SSSR count). The number of rotatable bonds is 2. The largest absolute Gasteiger partial charge is 0.508 e. The molecule has 0 spiro atoms. The number of fused-ring (bicyclic) bond motifs is 1. The fourth-order valence-corrected chi connectivity index (χ4v) is 3.31. The first kappa shape index (κ1) is 18.9. The normalized spacial score (nSPS) is 10.5. The molecule has 0 radical (unpaired) electrons. The van der Waals surface area contributed by atoms with Crippen LogP contribution < -0.4 is 0 Å². The van der Waals surface area contributed by atoms with E-state index < -0.39 is 0 Å². The Hall–Kier alpha value is -2.83. The summed E-state index contributed by atoms with van der Waals surface area (Å²) in [6.45, 7) is 4.00. The number of nitrogens with one attached hydrogen (secondary N) is 1. The Labute approximate surface area is 166 Å². The third-order valence-electron chi connectivity index (χ3n) is 3.98. The summed E-state index contributed by atoms with van der Waals surface area (Å²) < 4.78 is 2.12. The van der Waals surface area contributed by atoms with Gasteiger partial charge in [-0.25, -0.2) is 0 Å². The van der Waals surface area contributed by atoms with Crippen molar-refractivity contribution >= 4 is 34.6 Å². The van der Waals surface area contributed by atoms with Crippen molar-refractivity contribution in [2.45, 2.75) is 13.8 Å². The van der Waals surface area contributed by atoms with E-state index in [4.69, 9.17) is 23.8 Å². The van der Waals surface area contributed by atoms with Crippen LogP contribution in [-0.2, 0) is 0 Å². The van der Waals surface area contributed by atoms with Gasteiger partial charge < -0.3 is 10.2 Å². The molecule has 0 aliphatic rings. The van der Waals surface area contributed by atoms with Crippen LogP contribution in [0.4, 0.5) is 0 Å². The summed E-state index contributed by atoms with van der Waals surface area (Å²) in [5.41, 5.74) is 1.24. The summed E-state index contributed by atoms with van der Waals surface area (Å²) in [5.74, 6) is 0.322. The van der Waals surface area contributed by atoms with Crippen LogP contribution in [0.25, 0.3) is 27.8 Å². The summed E-state index contributed by atoms with van der Waals surface area (Å²) >= 11 is 11.7. The van der Waals surface area contributed by atoms with E-state index in [9.17, 15) is 10.2 Å². The topological polar surface area (TPSA) is 74.1 Å². The fraction of sp³-hybridized carbons (Fsp3) is 0.100. The number of phenols is 2. The van der Waals surface area contributed by atoms with Crippen molar-refractivity contribution in [3.05, 3.63) is 64.4 Å². The van der Waals surface area contributed by atoms with Crippen LogP contribution in [0.15, 0.2) is 54.6 Å². The van der Waals surface area contributed by atoms with E-state index in [0.717, 1.165) is 16.5 Å². The number of aromatic nitrogens is 3. The molecule has 0 bridgehead atoms. The number of aromatic amines is 1. The van der Waals surface area contributed by atoms with Gasteiger partial charge in [0.05, 0.1) is 11.3 Å². The van der Waals surface area contributed by atoms with Gasteiger partial charge in [0.1, 0.15) is 11.5 Å². The number of hydrogen-bond acceptors (Lipinski definition) is 4. The first-order chi connectivity index (χ1) is 13.1. The molecular formula is C20H18ClN3O2S. The zero-order valence-corrected chi connectivity index (χ0v) is 16.3. The monoisotopic (exact) mass is 399 g/mol. The molecule has 1 aromatic heterocycles. The molecule has 5 nitrogen and oxygen atoms in total. The van der Waals surface area contributed by atoms with Gasteiger partial charge in [0, 0.05) is 21.9 Å². The third-order valence-corrected chi connectivity index (χ3v) is 4.59. The van der Waals surface area contributed by atoms with E-state index in [2.05, 4.69) is 10.2 Å². The van der Waals surface area contributed by atoms with E-state index in [0.29, 0.717) is 21.2 Å². The highest BCUT2D eigenvalue weighted by Crippen LogP contribution is 2.35. The van der Waals surface area contributed by atoms with Gasteiger partial charge in [0.2, 0.25) is 0 Å². The lowest BCUT2D eigenvalue weighted by molar-refractivity contribution is 0.451. The summed E-state index contributed by atoms with van der Waals surface area (Å²) in [7, 11) is 0. The molecule has 0 amide bonds. The molecule has 3 aromatic carbocycles. The number of nitrogens with zero attached hydrogens (tertiary/aromatic N) is 2. The Bertz CT molecular complexity index is 1170. The number of hydrogen-bond donors (Lipinski definition) is 3. The molecule has 0 aliphatic carbocycles. The lowest BCUT2D eigenvalue weighted by Crippen LogP contribution is -1.99. The van der Waals surface area contributed by atoms with Gasteiger partial charge in [-0.05, 0) is 36.5 Å². The molecule has 0 saturated heterocycles. The molecule has 4 aromatic rings. The van der Waals surface area contributed by atoms with Crippen molar-refractivity contribution in [1.29, 1.82) is 0 Å². The van der Waals surface area contributed by atoms with Gasteiger partial charge in [0.25, 0.3) is 0 Å². The predicted molar refractivity (Wildman–Crippen MR) is 111 cm³/mol. The average molecular weight is 400 g/mol. The first-order valence-corrected chi connectivity index (χ1v) is 9.22. The Morgan fingerprint density at radius 3 is 2.41 bits per heavy atom. The van der Waals surface area contributed by atoms with E-state index in [1.54, 1.807) is 16.7 Å². The zero-order chi connectivity index (χ0) is 19.6. The molecule has 0 unspecified atom stereocenters. The van der Waals surface area contributed by atoms with Crippen LogP contribution in [-0.4, -0.2) is 25.0 Å². The smallest absolute Gasteiger partial charge is 0.200 e. The predicted octanol–water partition coefficient (Wildman–Crippen LogP) is 5.84. The fourth-order valence-electron chi connectivity index (χ4n) is 2.85. The third kappa shape index (κ3) is 3.41. The van der Waals surface area contributed by atoms with Crippen molar-refractivity contribution < 1.29 is 10.2 Å². The van der Waals surface area contributed by atoms with Crippen LogP contribution in [0.2, 0.25) is 5.02 Å². The molecule has 7 heteroatoms. The van der Waals surface area contributed by atoms with Crippen LogP contribution >= 0.6 is 23.8 Å². The summed E-state index contributed by atoms with van der Waals surface area (Å²) in [6, 6.07) is 15.7. The molecule has 0 atom stereocenters. The maximum atomic E-state index is 10.2. The number of H-pyrrole nitrogens is 1. The van der Waals surface area contributed by atoms with Crippen LogP contribution in [0, 0.1) is 4.77 Å². The van der Waals surface area contributed by atoms with Crippen LogP contribution in [0.1, 0.15) is 13.8 Å². The van der Waals surface area contributed by atoms with Crippen molar-refractivity contribution in [3.8, 4) is 28.6 Å². The van der Waals surface area contributed by atoms with Crippen LogP contribution in [0.5, 0.6) is 11.5 Å². The maximum absolute atomic E-state index is 10.2. The van der Waals surface area contributed by atoms with Gasteiger partial charge in [-0.2, -0.15) is 5.10 Å². The lowest BCUT2D eigenvalue weighted by atomic mass is 10.1. The Balaban J connectivity index is 0.00000102. The average Bonchev–Trinajstić information content (AvgIpc) is 3.05. The second-order valence-electron chi connectivity index (χ2n) is 5.50.